The van der Waals surface area contributed by atoms with Crippen LogP contribution in [0.2, 0.25) is 0 Å². The Kier molecular flexibility index (Phi) is 2.88. The van der Waals surface area contributed by atoms with Crippen LogP contribution in [0.3, 0.4) is 0 Å². The number of H-pyrrole nitrogens is 1. The van der Waals surface area contributed by atoms with Crippen LogP contribution in [0.4, 0.5) is 5.69 Å². The van der Waals surface area contributed by atoms with Crippen LogP contribution in [-0.4, -0.2) is 21.8 Å². The Labute approximate surface area is 102 Å². The quantitative estimate of drug-likeness (QED) is 0.657. The molecule has 0 aliphatic heterocycles. The molecule has 0 fully saturated rings. The molecule has 18 heavy (non-hydrogen) atoms. The minimum atomic E-state index is -0.518. The number of nitro benzene ring substituents is 1. The lowest BCUT2D eigenvalue weighted by Gasteiger charge is -2.07. The van der Waals surface area contributed by atoms with E-state index in [4.69, 9.17) is 4.74 Å². The zero-order valence-electron chi connectivity index (χ0n) is 9.84. The minimum absolute atomic E-state index is 0.135. The van der Waals surface area contributed by atoms with Crippen LogP contribution in [0.1, 0.15) is 5.69 Å². The molecule has 0 spiro atoms. The van der Waals surface area contributed by atoms with Crippen molar-refractivity contribution in [3.05, 3.63) is 50.4 Å². The summed E-state index contributed by atoms with van der Waals surface area (Å²) in [5, 5.41) is 13.5. The second-order valence-electron chi connectivity index (χ2n) is 3.71. The van der Waals surface area contributed by atoms with Gasteiger partial charge in [-0.3, -0.25) is 24.7 Å². The monoisotopic (exact) mass is 249 g/mol. The fourth-order valence-corrected chi connectivity index (χ4v) is 1.70. The first-order chi connectivity index (χ1) is 8.52. The second kappa shape index (κ2) is 4.36. The molecule has 0 atom stereocenters. The van der Waals surface area contributed by atoms with E-state index in [1.807, 2.05) is 0 Å². The van der Waals surface area contributed by atoms with Gasteiger partial charge in [0.2, 0.25) is 0 Å². The number of hydrogen-bond acceptors (Lipinski definition) is 4. The maximum absolute atomic E-state index is 11.2. The van der Waals surface area contributed by atoms with Gasteiger partial charge in [-0.1, -0.05) is 0 Å². The van der Waals surface area contributed by atoms with Crippen molar-refractivity contribution in [2.24, 2.45) is 0 Å². The summed E-state index contributed by atoms with van der Waals surface area (Å²) in [5.41, 5.74) is 0.440. The molecule has 0 saturated heterocycles. The van der Waals surface area contributed by atoms with Gasteiger partial charge >= 0.3 is 0 Å². The first-order valence-corrected chi connectivity index (χ1v) is 5.14. The Morgan fingerprint density at radius 1 is 1.39 bits per heavy atom. The molecule has 0 saturated carbocycles. The molecule has 7 heteroatoms. The Morgan fingerprint density at radius 2 is 2.11 bits per heavy atom. The summed E-state index contributed by atoms with van der Waals surface area (Å²) >= 11 is 0. The number of hydrogen-bond donors (Lipinski definition) is 1. The van der Waals surface area contributed by atoms with Crippen molar-refractivity contribution in [3.63, 3.8) is 0 Å². The minimum Gasteiger partial charge on any atom is -0.496 e. The number of nitrogens with one attached hydrogen (secondary N) is 1. The average Bonchev–Trinajstić information content (AvgIpc) is 2.67. The smallest absolute Gasteiger partial charge is 0.298 e. The van der Waals surface area contributed by atoms with Crippen LogP contribution in [0.15, 0.2) is 29.1 Å². The van der Waals surface area contributed by atoms with Gasteiger partial charge in [0.15, 0.2) is 0 Å². The summed E-state index contributed by atoms with van der Waals surface area (Å²) < 4.78 is 6.32. The molecule has 1 heterocycles. The largest absolute Gasteiger partial charge is 0.496 e. The number of benzene rings is 1. The average molecular weight is 249 g/mol. The molecule has 1 aromatic carbocycles. The van der Waals surface area contributed by atoms with Crippen LogP contribution < -0.4 is 10.3 Å². The van der Waals surface area contributed by atoms with Gasteiger partial charge in [-0.25, -0.2) is 0 Å². The van der Waals surface area contributed by atoms with E-state index in [1.54, 1.807) is 13.0 Å². The summed E-state index contributed by atoms with van der Waals surface area (Å²) in [7, 11) is 1.43. The van der Waals surface area contributed by atoms with Gasteiger partial charge in [0.05, 0.1) is 18.1 Å². The van der Waals surface area contributed by atoms with Crippen molar-refractivity contribution in [1.82, 2.24) is 9.78 Å². The highest BCUT2D eigenvalue weighted by atomic mass is 16.6. The molecule has 0 unspecified atom stereocenters. The summed E-state index contributed by atoms with van der Waals surface area (Å²) in [4.78, 5) is 21.7. The third-order valence-electron chi connectivity index (χ3n) is 2.53. The van der Waals surface area contributed by atoms with E-state index in [-0.39, 0.29) is 11.2 Å². The fourth-order valence-electron chi connectivity index (χ4n) is 1.70. The molecule has 2 aromatic rings. The van der Waals surface area contributed by atoms with Gasteiger partial charge in [0, 0.05) is 11.8 Å². The second-order valence-corrected chi connectivity index (χ2v) is 3.71. The summed E-state index contributed by atoms with van der Waals surface area (Å²) in [6.45, 7) is 1.69. The Bertz CT molecular complexity index is 657. The molecule has 0 amide bonds. The van der Waals surface area contributed by atoms with E-state index in [2.05, 4.69) is 5.10 Å². The van der Waals surface area contributed by atoms with Gasteiger partial charge in [-0.15, -0.1) is 0 Å². The SMILES string of the molecule is COc1ccc(-n2[nH]c(=O)cc2C)c([N+](=O)[O-])c1. The molecule has 1 aromatic heterocycles. The highest BCUT2D eigenvalue weighted by Crippen LogP contribution is 2.27. The molecule has 2 rings (SSSR count). The van der Waals surface area contributed by atoms with Gasteiger partial charge in [0.1, 0.15) is 11.4 Å². The number of rotatable bonds is 3. The maximum atomic E-state index is 11.2. The molecular formula is C11H11N3O4. The van der Waals surface area contributed by atoms with Gasteiger partial charge in [-0.05, 0) is 19.1 Å². The van der Waals surface area contributed by atoms with Crippen molar-refractivity contribution in [1.29, 1.82) is 0 Å². The van der Waals surface area contributed by atoms with Crippen molar-refractivity contribution < 1.29 is 9.66 Å². The van der Waals surface area contributed by atoms with Crippen molar-refractivity contribution >= 4 is 5.69 Å². The molecule has 0 aliphatic rings. The molecule has 7 nitrogen and oxygen atoms in total. The lowest BCUT2D eigenvalue weighted by molar-refractivity contribution is -0.384. The van der Waals surface area contributed by atoms with Gasteiger partial charge in [-0.2, -0.15) is 0 Å². The molecule has 0 radical (unpaired) electrons. The zero-order chi connectivity index (χ0) is 13.3. The Hall–Kier alpha value is -2.57. The Morgan fingerprint density at radius 3 is 2.61 bits per heavy atom. The van der Waals surface area contributed by atoms with Crippen LogP contribution in [-0.2, 0) is 0 Å². The highest BCUT2D eigenvalue weighted by Gasteiger charge is 2.18. The first-order valence-electron chi connectivity index (χ1n) is 5.14. The van der Waals surface area contributed by atoms with Gasteiger partial charge in [0.25, 0.3) is 11.2 Å². The number of nitro groups is 1. The third kappa shape index (κ3) is 1.97. The molecule has 0 bridgehead atoms. The topological polar surface area (TPSA) is 90.2 Å². The normalized spacial score (nSPS) is 10.3. The lowest BCUT2D eigenvalue weighted by Crippen LogP contribution is -2.07. The number of aryl methyl sites for hydroxylation is 1. The zero-order valence-corrected chi connectivity index (χ0v) is 9.84. The number of aromatic amines is 1. The number of ether oxygens (including phenoxy) is 1. The molecule has 0 aliphatic carbocycles. The fraction of sp³-hybridized carbons (Fsp3) is 0.182. The lowest BCUT2D eigenvalue weighted by atomic mass is 10.2. The van der Waals surface area contributed by atoms with E-state index in [0.717, 1.165) is 0 Å². The van der Waals surface area contributed by atoms with Crippen LogP contribution in [0.5, 0.6) is 5.75 Å². The maximum Gasteiger partial charge on any atom is 0.298 e. The first kappa shape index (κ1) is 11.9. The number of methoxy groups -OCH3 is 1. The van der Waals surface area contributed by atoms with E-state index in [0.29, 0.717) is 17.1 Å². The summed E-state index contributed by atoms with van der Waals surface area (Å²) in [6.07, 6.45) is 0. The predicted octanol–water partition coefficient (Wildman–Crippen LogP) is 1.39. The predicted molar refractivity (Wildman–Crippen MR) is 64.3 cm³/mol. The summed E-state index contributed by atoms with van der Waals surface area (Å²) in [6, 6.07) is 5.81. The van der Waals surface area contributed by atoms with Crippen LogP contribution >= 0.6 is 0 Å². The van der Waals surface area contributed by atoms with Crippen LogP contribution in [0, 0.1) is 17.0 Å². The van der Waals surface area contributed by atoms with E-state index in [9.17, 15) is 14.9 Å². The van der Waals surface area contributed by atoms with E-state index >= 15 is 0 Å². The van der Waals surface area contributed by atoms with Crippen molar-refractivity contribution in [3.8, 4) is 11.4 Å². The van der Waals surface area contributed by atoms with E-state index < -0.39 is 4.92 Å². The third-order valence-corrected chi connectivity index (χ3v) is 2.53. The summed E-state index contributed by atoms with van der Waals surface area (Å²) in [5.74, 6) is 0.387. The molecular weight excluding hydrogens is 238 g/mol. The highest BCUT2D eigenvalue weighted by molar-refractivity contribution is 5.56. The standard InChI is InChI=1S/C11H11N3O4/c1-7-5-11(15)12-13(7)9-4-3-8(18-2)6-10(9)14(16)17/h3-6H,1-2H3,(H,12,15). The molecule has 1 N–H and O–H groups in total. The number of nitrogens with zero attached hydrogens (tertiary/aromatic N) is 2. The van der Waals surface area contributed by atoms with Gasteiger partial charge < -0.3 is 4.74 Å². The van der Waals surface area contributed by atoms with Crippen LogP contribution in [0.25, 0.3) is 5.69 Å². The molecule has 94 valence electrons. The van der Waals surface area contributed by atoms with Crippen molar-refractivity contribution in [2.75, 3.05) is 7.11 Å². The Balaban J connectivity index is 2.67. The number of aromatic nitrogens is 2. The van der Waals surface area contributed by atoms with E-state index in [1.165, 1.54) is 30.0 Å². The van der Waals surface area contributed by atoms with Crippen molar-refractivity contribution in [2.45, 2.75) is 6.92 Å².